The molecule has 0 bridgehead atoms. The fraction of sp³-hybridized carbons (Fsp3) is 0.250. The van der Waals surface area contributed by atoms with Crippen molar-refractivity contribution in [2.75, 3.05) is 14.2 Å². The van der Waals surface area contributed by atoms with Crippen LogP contribution in [0.15, 0.2) is 41.9 Å². The van der Waals surface area contributed by atoms with Crippen LogP contribution in [-0.2, 0) is 11.3 Å². The first-order chi connectivity index (χ1) is 10.6. The average Bonchev–Trinajstić information content (AvgIpc) is 2.84. The van der Waals surface area contributed by atoms with Crippen LogP contribution >= 0.6 is 11.3 Å². The third-order valence-corrected chi connectivity index (χ3v) is 4.30. The van der Waals surface area contributed by atoms with Crippen molar-refractivity contribution in [3.05, 3.63) is 52.3 Å². The fourth-order valence-electron chi connectivity index (χ4n) is 2.02. The van der Waals surface area contributed by atoms with Crippen molar-refractivity contribution in [3.8, 4) is 5.75 Å². The Kier molecular flexibility index (Phi) is 5.16. The number of hydrogen-bond acceptors (Lipinski definition) is 5. The summed E-state index contributed by atoms with van der Waals surface area (Å²) < 4.78 is 12.1. The number of methoxy groups -OCH3 is 2. The first kappa shape index (κ1) is 16.0. The lowest BCUT2D eigenvalue weighted by atomic mass is 10.3. The molecule has 0 aliphatic carbocycles. The molecule has 0 saturated heterocycles. The minimum Gasteiger partial charge on any atom is -0.494 e. The number of hydrogen-bond donors (Lipinski definition) is 0. The van der Waals surface area contributed by atoms with E-state index in [0.29, 0.717) is 27.7 Å². The molecule has 22 heavy (non-hydrogen) atoms. The lowest BCUT2D eigenvalue weighted by Gasteiger charge is -2.04. The minimum atomic E-state index is -0.359. The van der Waals surface area contributed by atoms with Crippen LogP contribution in [0.25, 0.3) is 0 Å². The highest BCUT2D eigenvalue weighted by molar-refractivity contribution is 7.11. The van der Waals surface area contributed by atoms with Gasteiger partial charge >= 0.3 is 5.97 Å². The summed E-state index contributed by atoms with van der Waals surface area (Å²) >= 11 is 1.29. The molecular formula is C16H18N2O3S. The number of allylic oxidation sites excluding steroid dienone is 1. The summed E-state index contributed by atoms with van der Waals surface area (Å²) in [6.07, 6.45) is 1.77. The summed E-state index contributed by atoms with van der Waals surface area (Å²) in [4.78, 5) is 17.7. The highest BCUT2D eigenvalue weighted by Gasteiger charge is 2.16. The molecule has 0 unspecified atom stereocenters. The molecular weight excluding hydrogens is 300 g/mol. The van der Waals surface area contributed by atoms with Crippen molar-refractivity contribution in [3.63, 3.8) is 0 Å². The Balaban J connectivity index is 2.65. The van der Waals surface area contributed by atoms with E-state index >= 15 is 0 Å². The predicted molar refractivity (Wildman–Crippen MR) is 86.8 cm³/mol. The Morgan fingerprint density at radius 2 is 2.14 bits per heavy atom. The molecule has 0 atom stereocenters. The number of carbonyl (C=O) groups excluding carboxylic acids is 1. The summed E-state index contributed by atoms with van der Waals surface area (Å²) in [5.41, 5.74) is 1.52. The molecule has 1 aromatic carbocycles. The lowest BCUT2D eigenvalue weighted by Crippen LogP contribution is -2.15. The van der Waals surface area contributed by atoms with Gasteiger partial charge in [-0.15, -0.1) is 6.58 Å². The molecule has 0 N–H and O–H groups in total. The quantitative estimate of drug-likeness (QED) is 0.629. The van der Waals surface area contributed by atoms with E-state index in [9.17, 15) is 4.79 Å². The van der Waals surface area contributed by atoms with Gasteiger partial charge in [0.25, 0.3) is 0 Å². The molecule has 2 rings (SSSR count). The maximum Gasteiger partial charge on any atom is 0.349 e. The number of thiazole rings is 1. The van der Waals surface area contributed by atoms with Gasteiger partial charge in [-0.25, -0.2) is 9.79 Å². The van der Waals surface area contributed by atoms with Gasteiger partial charge in [0, 0.05) is 12.2 Å². The van der Waals surface area contributed by atoms with E-state index in [0.717, 1.165) is 5.69 Å². The smallest absolute Gasteiger partial charge is 0.349 e. The summed E-state index contributed by atoms with van der Waals surface area (Å²) in [7, 11) is 2.97. The van der Waals surface area contributed by atoms with Crippen LogP contribution in [0, 0.1) is 6.92 Å². The molecule has 6 heteroatoms. The van der Waals surface area contributed by atoms with Crippen molar-refractivity contribution in [1.82, 2.24) is 4.57 Å². The molecule has 0 spiro atoms. The molecule has 0 aliphatic rings. The van der Waals surface area contributed by atoms with Gasteiger partial charge in [0.05, 0.1) is 14.2 Å². The molecule has 0 fully saturated rings. The van der Waals surface area contributed by atoms with Crippen molar-refractivity contribution in [2.24, 2.45) is 4.99 Å². The van der Waals surface area contributed by atoms with Gasteiger partial charge in [-0.1, -0.05) is 29.5 Å². The molecule has 0 aliphatic heterocycles. The minimum absolute atomic E-state index is 0.359. The summed E-state index contributed by atoms with van der Waals surface area (Å²) in [5, 5.41) is 0. The molecule has 2 aromatic rings. The van der Waals surface area contributed by atoms with Gasteiger partial charge in [-0.05, 0) is 19.1 Å². The molecule has 116 valence electrons. The maximum absolute atomic E-state index is 11.9. The molecule has 0 amide bonds. The first-order valence-electron chi connectivity index (χ1n) is 6.69. The van der Waals surface area contributed by atoms with Crippen LogP contribution in [0.5, 0.6) is 5.75 Å². The monoisotopic (exact) mass is 318 g/mol. The van der Waals surface area contributed by atoms with Crippen LogP contribution in [0.1, 0.15) is 15.4 Å². The topological polar surface area (TPSA) is 52.8 Å². The van der Waals surface area contributed by atoms with Gasteiger partial charge < -0.3 is 14.0 Å². The second kappa shape index (κ2) is 7.09. The zero-order valence-corrected chi connectivity index (χ0v) is 13.6. The van der Waals surface area contributed by atoms with Crippen molar-refractivity contribution < 1.29 is 14.3 Å². The lowest BCUT2D eigenvalue weighted by molar-refractivity contribution is 0.0605. The molecule has 0 saturated carbocycles. The first-order valence-corrected chi connectivity index (χ1v) is 7.51. The normalized spacial score (nSPS) is 11.3. The predicted octanol–water partition coefficient (Wildman–Crippen LogP) is 3.07. The Morgan fingerprint density at radius 1 is 1.41 bits per heavy atom. The number of benzene rings is 1. The van der Waals surface area contributed by atoms with E-state index in [2.05, 4.69) is 11.6 Å². The van der Waals surface area contributed by atoms with E-state index in [1.54, 1.807) is 13.2 Å². The number of esters is 1. The van der Waals surface area contributed by atoms with E-state index in [4.69, 9.17) is 9.47 Å². The van der Waals surface area contributed by atoms with Crippen LogP contribution in [0.3, 0.4) is 0 Å². The zero-order valence-electron chi connectivity index (χ0n) is 12.8. The van der Waals surface area contributed by atoms with Crippen molar-refractivity contribution in [2.45, 2.75) is 13.5 Å². The largest absolute Gasteiger partial charge is 0.494 e. The second-order valence-electron chi connectivity index (χ2n) is 4.47. The highest BCUT2D eigenvalue weighted by Crippen LogP contribution is 2.26. The Hall–Kier alpha value is -2.34. The van der Waals surface area contributed by atoms with Gasteiger partial charge in [0.2, 0.25) is 0 Å². The van der Waals surface area contributed by atoms with Crippen molar-refractivity contribution >= 4 is 23.0 Å². The summed E-state index contributed by atoms with van der Waals surface area (Å²) in [6.45, 7) is 6.19. The SMILES string of the molecule is C=CCn1c(C)c(C(=O)OC)sc1=Nc1ccccc1OC. The van der Waals surface area contributed by atoms with E-state index in [1.807, 2.05) is 35.8 Å². The third-order valence-electron chi connectivity index (χ3n) is 3.14. The van der Waals surface area contributed by atoms with Crippen LogP contribution < -0.4 is 9.54 Å². The van der Waals surface area contributed by atoms with Gasteiger partial charge in [-0.3, -0.25) is 0 Å². The molecule has 1 aromatic heterocycles. The average molecular weight is 318 g/mol. The fourth-order valence-corrected chi connectivity index (χ4v) is 3.09. The maximum atomic E-state index is 11.9. The Labute approximate surface area is 133 Å². The standard InChI is InChI=1S/C16H18N2O3S/c1-5-10-18-11(2)14(15(19)21-4)22-16(18)17-12-8-6-7-9-13(12)20-3/h5-9H,1,10H2,2-4H3. The van der Waals surface area contributed by atoms with Crippen molar-refractivity contribution in [1.29, 1.82) is 0 Å². The highest BCUT2D eigenvalue weighted by atomic mass is 32.1. The number of rotatable bonds is 5. The molecule has 1 heterocycles. The Morgan fingerprint density at radius 3 is 2.77 bits per heavy atom. The number of aromatic nitrogens is 1. The van der Waals surface area contributed by atoms with Crippen LogP contribution in [-0.4, -0.2) is 24.8 Å². The summed E-state index contributed by atoms with van der Waals surface area (Å²) in [5.74, 6) is 0.320. The summed E-state index contributed by atoms with van der Waals surface area (Å²) in [6, 6.07) is 7.48. The number of nitrogens with zero attached hydrogens (tertiary/aromatic N) is 2. The number of carbonyl (C=O) groups is 1. The molecule has 0 radical (unpaired) electrons. The number of ether oxygens (including phenoxy) is 2. The van der Waals surface area contributed by atoms with Crippen LogP contribution in [0.2, 0.25) is 0 Å². The van der Waals surface area contributed by atoms with Gasteiger partial charge in [-0.2, -0.15) is 0 Å². The van der Waals surface area contributed by atoms with E-state index in [-0.39, 0.29) is 5.97 Å². The van der Waals surface area contributed by atoms with Gasteiger partial charge in [0.15, 0.2) is 4.80 Å². The Bertz CT molecular complexity index is 759. The third kappa shape index (κ3) is 3.12. The van der Waals surface area contributed by atoms with E-state index < -0.39 is 0 Å². The van der Waals surface area contributed by atoms with Crippen LogP contribution in [0.4, 0.5) is 5.69 Å². The molecule has 5 nitrogen and oxygen atoms in total. The zero-order chi connectivity index (χ0) is 16.1. The van der Waals surface area contributed by atoms with Gasteiger partial charge in [0.1, 0.15) is 16.3 Å². The van der Waals surface area contributed by atoms with E-state index in [1.165, 1.54) is 18.4 Å². The second-order valence-corrected chi connectivity index (χ2v) is 5.45. The number of para-hydroxylation sites is 2.